The predicted octanol–water partition coefficient (Wildman–Crippen LogP) is 4.13. The van der Waals surface area contributed by atoms with Crippen molar-refractivity contribution in [3.8, 4) is 17.1 Å². The van der Waals surface area contributed by atoms with Gasteiger partial charge in [-0.25, -0.2) is 4.39 Å². The minimum absolute atomic E-state index is 0.0455. The van der Waals surface area contributed by atoms with Crippen molar-refractivity contribution in [3.05, 3.63) is 52.3 Å². The van der Waals surface area contributed by atoms with Crippen LogP contribution in [-0.4, -0.2) is 31.5 Å². The lowest BCUT2D eigenvalue weighted by atomic mass is 10.2. The van der Waals surface area contributed by atoms with Gasteiger partial charge in [0.15, 0.2) is 11.0 Å². The average molecular weight is 451 g/mol. The molecule has 0 saturated heterocycles. The molecule has 1 amide bonds. The summed E-state index contributed by atoms with van der Waals surface area (Å²) in [5.41, 5.74) is 1.53. The third-order valence-electron chi connectivity index (χ3n) is 3.76. The van der Waals surface area contributed by atoms with Crippen LogP contribution in [0, 0.1) is 12.7 Å². The van der Waals surface area contributed by atoms with Crippen molar-refractivity contribution in [1.29, 1.82) is 0 Å². The molecule has 0 bridgehead atoms. The van der Waals surface area contributed by atoms with Crippen LogP contribution in [-0.2, 0) is 11.8 Å². The number of hydrogen-bond acceptors (Lipinski definition) is 5. The summed E-state index contributed by atoms with van der Waals surface area (Å²) in [5, 5.41) is 21.3. The maximum absolute atomic E-state index is 13.7. The van der Waals surface area contributed by atoms with Gasteiger partial charge in [0.25, 0.3) is 0 Å². The first-order chi connectivity index (χ1) is 12.8. The van der Waals surface area contributed by atoms with Crippen LogP contribution in [0.2, 0.25) is 0 Å². The van der Waals surface area contributed by atoms with Gasteiger partial charge in [-0.05, 0) is 42.8 Å². The molecule has 0 aliphatic rings. The molecular weight excluding hydrogens is 435 g/mol. The number of rotatable bonds is 5. The number of aryl methyl sites for hydroxylation is 1. The summed E-state index contributed by atoms with van der Waals surface area (Å²) in [6.45, 7) is 1.82. The fraction of sp³-hybridized carbons (Fsp3) is 0.167. The fourth-order valence-electron chi connectivity index (χ4n) is 2.41. The van der Waals surface area contributed by atoms with Crippen molar-refractivity contribution < 1.29 is 14.3 Å². The van der Waals surface area contributed by atoms with Crippen LogP contribution in [0.15, 0.2) is 46.0 Å². The topological polar surface area (TPSA) is 80.0 Å². The third kappa shape index (κ3) is 4.48. The van der Waals surface area contributed by atoms with Crippen molar-refractivity contribution in [2.75, 3.05) is 11.1 Å². The Morgan fingerprint density at radius 2 is 2.07 bits per heavy atom. The van der Waals surface area contributed by atoms with Crippen molar-refractivity contribution in [1.82, 2.24) is 14.8 Å². The van der Waals surface area contributed by atoms with Gasteiger partial charge < -0.3 is 15.0 Å². The Balaban J connectivity index is 1.70. The predicted molar refractivity (Wildman–Crippen MR) is 106 cm³/mol. The molecule has 0 radical (unpaired) electrons. The van der Waals surface area contributed by atoms with Crippen molar-refractivity contribution >= 4 is 39.3 Å². The summed E-state index contributed by atoms with van der Waals surface area (Å²) in [5.74, 6) is -0.229. The molecule has 6 nitrogen and oxygen atoms in total. The number of carbonyl (C=O) groups is 1. The van der Waals surface area contributed by atoms with E-state index in [1.165, 1.54) is 17.8 Å². The number of aromatic hydroxyl groups is 1. The SMILES string of the molecule is Cc1ccc(F)c(NC(=O)CSc2nnc(-c3cc(Br)ccc3O)n2C)c1. The number of aromatic nitrogens is 3. The summed E-state index contributed by atoms with van der Waals surface area (Å²) in [6.07, 6.45) is 0. The summed E-state index contributed by atoms with van der Waals surface area (Å²) in [4.78, 5) is 12.1. The third-order valence-corrected chi connectivity index (χ3v) is 5.28. The van der Waals surface area contributed by atoms with Crippen molar-refractivity contribution in [2.45, 2.75) is 12.1 Å². The number of halogens is 2. The molecule has 1 heterocycles. The number of amides is 1. The highest BCUT2D eigenvalue weighted by atomic mass is 79.9. The highest BCUT2D eigenvalue weighted by molar-refractivity contribution is 9.10. The Labute approximate surface area is 167 Å². The number of carbonyl (C=O) groups excluding carboxylic acids is 1. The van der Waals surface area contributed by atoms with E-state index >= 15 is 0 Å². The normalized spacial score (nSPS) is 10.8. The van der Waals surface area contributed by atoms with Crippen LogP contribution in [0.1, 0.15) is 5.56 Å². The number of nitrogens with zero attached hydrogens (tertiary/aromatic N) is 3. The number of nitrogens with one attached hydrogen (secondary N) is 1. The van der Waals surface area contributed by atoms with Gasteiger partial charge in [0.2, 0.25) is 5.91 Å². The zero-order chi connectivity index (χ0) is 19.6. The first kappa shape index (κ1) is 19.4. The maximum atomic E-state index is 13.7. The lowest BCUT2D eigenvalue weighted by Gasteiger charge is -2.08. The quantitative estimate of drug-likeness (QED) is 0.571. The van der Waals surface area contributed by atoms with Crippen LogP contribution in [0.25, 0.3) is 11.4 Å². The van der Waals surface area contributed by atoms with E-state index in [0.717, 1.165) is 10.0 Å². The zero-order valence-corrected chi connectivity index (χ0v) is 16.9. The average Bonchev–Trinajstić information content (AvgIpc) is 2.99. The second-order valence-corrected chi connectivity index (χ2v) is 7.70. The van der Waals surface area contributed by atoms with Crippen LogP contribution >= 0.6 is 27.7 Å². The standard InChI is InChI=1S/C18H16BrFN4O2S/c1-10-3-5-13(20)14(7-10)21-16(26)9-27-18-23-22-17(24(18)2)12-8-11(19)4-6-15(12)25/h3-8,25H,9H2,1-2H3,(H,21,26). The Bertz CT molecular complexity index is 1010. The maximum Gasteiger partial charge on any atom is 0.234 e. The minimum Gasteiger partial charge on any atom is -0.507 e. The number of phenols is 1. The lowest BCUT2D eigenvalue weighted by molar-refractivity contribution is -0.113. The Kier molecular flexibility index (Phi) is 5.81. The molecule has 0 atom stereocenters. The second-order valence-electron chi connectivity index (χ2n) is 5.85. The van der Waals surface area contributed by atoms with E-state index in [-0.39, 0.29) is 23.1 Å². The molecule has 0 spiro atoms. The number of hydrogen-bond donors (Lipinski definition) is 2. The minimum atomic E-state index is -0.481. The van der Waals surface area contributed by atoms with E-state index in [4.69, 9.17) is 0 Å². The molecule has 1 aromatic heterocycles. The van der Waals surface area contributed by atoms with E-state index < -0.39 is 5.82 Å². The van der Waals surface area contributed by atoms with Gasteiger partial charge in [-0.15, -0.1) is 10.2 Å². The number of phenolic OH excluding ortho intramolecular Hbond substituents is 1. The van der Waals surface area contributed by atoms with Crippen molar-refractivity contribution in [3.63, 3.8) is 0 Å². The summed E-state index contributed by atoms with van der Waals surface area (Å²) in [7, 11) is 1.75. The zero-order valence-electron chi connectivity index (χ0n) is 14.5. The Morgan fingerprint density at radius 3 is 2.85 bits per heavy atom. The van der Waals surface area contributed by atoms with Crippen LogP contribution in [0.3, 0.4) is 0 Å². The number of thioether (sulfide) groups is 1. The Morgan fingerprint density at radius 1 is 1.30 bits per heavy atom. The second kappa shape index (κ2) is 8.10. The van der Waals surface area contributed by atoms with E-state index in [1.54, 1.807) is 41.9 Å². The molecule has 0 fully saturated rings. The highest BCUT2D eigenvalue weighted by Gasteiger charge is 2.16. The molecule has 27 heavy (non-hydrogen) atoms. The molecule has 2 aromatic carbocycles. The van der Waals surface area contributed by atoms with Crippen LogP contribution in [0.5, 0.6) is 5.75 Å². The van der Waals surface area contributed by atoms with Crippen LogP contribution < -0.4 is 5.32 Å². The van der Waals surface area contributed by atoms with Crippen LogP contribution in [0.4, 0.5) is 10.1 Å². The molecule has 2 N–H and O–H groups in total. The molecule has 0 aliphatic heterocycles. The van der Waals surface area contributed by atoms with Crippen molar-refractivity contribution in [2.24, 2.45) is 7.05 Å². The molecule has 140 valence electrons. The van der Waals surface area contributed by atoms with Gasteiger partial charge in [0, 0.05) is 11.5 Å². The van der Waals surface area contributed by atoms with Gasteiger partial charge in [-0.1, -0.05) is 33.8 Å². The first-order valence-corrected chi connectivity index (χ1v) is 9.70. The summed E-state index contributed by atoms with van der Waals surface area (Å²) < 4.78 is 16.2. The largest absolute Gasteiger partial charge is 0.507 e. The van der Waals surface area contributed by atoms with Gasteiger partial charge in [-0.3, -0.25) is 4.79 Å². The molecule has 3 aromatic rings. The molecule has 0 unspecified atom stereocenters. The van der Waals surface area contributed by atoms with E-state index in [0.29, 0.717) is 16.5 Å². The smallest absolute Gasteiger partial charge is 0.234 e. The van der Waals surface area contributed by atoms with Gasteiger partial charge in [0.05, 0.1) is 17.0 Å². The monoisotopic (exact) mass is 450 g/mol. The first-order valence-electron chi connectivity index (χ1n) is 7.92. The van der Waals surface area contributed by atoms with E-state index in [2.05, 4.69) is 31.4 Å². The summed E-state index contributed by atoms with van der Waals surface area (Å²) in [6, 6.07) is 9.55. The van der Waals surface area contributed by atoms with Gasteiger partial charge in [0.1, 0.15) is 11.6 Å². The Hall–Kier alpha value is -2.39. The fourth-order valence-corrected chi connectivity index (χ4v) is 3.49. The lowest BCUT2D eigenvalue weighted by Crippen LogP contribution is -2.15. The molecule has 0 saturated carbocycles. The molecule has 3 rings (SSSR count). The van der Waals surface area contributed by atoms with E-state index in [9.17, 15) is 14.3 Å². The highest BCUT2D eigenvalue weighted by Crippen LogP contribution is 2.32. The molecule has 0 aliphatic carbocycles. The van der Waals surface area contributed by atoms with E-state index in [1.807, 2.05) is 6.92 Å². The number of benzene rings is 2. The molecular formula is C18H16BrFN4O2S. The van der Waals surface area contributed by atoms with Gasteiger partial charge in [-0.2, -0.15) is 0 Å². The summed E-state index contributed by atoms with van der Waals surface area (Å²) >= 11 is 4.53. The van der Waals surface area contributed by atoms with Gasteiger partial charge >= 0.3 is 0 Å². The number of anilines is 1. The molecule has 9 heteroatoms.